The minimum atomic E-state index is -0.575. The molecule has 0 bridgehead atoms. The number of carbonyl (C=O) groups excluding carboxylic acids is 2. The molecule has 3 aliphatic rings. The fraction of sp³-hybridized carbons (Fsp3) is 0.119. The van der Waals surface area contributed by atoms with E-state index in [2.05, 4.69) is 147 Å². The Morgan fingerprint density at radius 2 is 0.925 bits per heavy atom. The second-order valence-corrected chi connectivity index (χ2v) is 16.9. The van der Waals surface area contributed by atoms with Crippen LogP contribution in [-0.2, 0) is 37.3 Å². The van der Waals surface area contributed by atoms with E-state index in [0.717, 1.165) is 67.6 Å². The first-order chi connectivity index (χ1) is 32.9. The molecule has 0 saturated carbocycles. The maximum absolute atomic E-state index is 11.4. The summed E-state index contributed by atoms with van der Waals surface area (Å²) >= 11 is 0. The van der Waals surface area contributed by atoms with Gasteiger partial charge in [0.05, 0.1) is 28.2 Å². The van der Waals surface area contributed by atoms with Gasteiger partial charge in [-0.15, -0.1) is 0 Å². The van der Waals surface area contributed by atoms with Gasteiger partial charge in [-0.05, 0) is 126 Å². The van der Waals surface area contributed by atoms with E-state index in [4.69, 9.17) is 28.9 Å². The van der Waals surface area contributed by atoms with E-state index in [1.807, 2.05) is 24.3 Å². The number of carbonyl (C=O) groups is 2. The highest BCUT2D eigenvalue weighted by Gasteiger charge is 2.46. The van der Waals surface area contributed by atoms with Crippen LogP contribution in [0.2, 0.25) is 0 Å². The summed E-state index contributed by atoms with van der Waals surface area (Å²) in [5.74, 6) is 0.496. The van der Waals surface area contributed by atoms with Crippen molar-refractivity contribution in [3.05, 3.63) is 228 Å². The Morgan fingerprint density at radius 3 is 1.39 bits per heavy atom. The molecule has 0 N–H and O–H groups in total. The van der Waals surface area contributed by atoms with Gasteiger partial charge >= 0.3 is 11.9 Å². The van der Waals surface area contributed by atoms with Crippen molar-refractivity contribution >= 4 is 56.3 Å². The number of rotatable bonds is 14. The standard InChI is InChI=1S/C59H44N2O6/c1-3-57(62)66-27-25-64-47-21-17-37-29-41(15-13-39(37)33-47)55-35-43-31-45(19-23-53(43)60-55)59(51-11-7-5-9-49(51)50-10-6-8-12-52(50)59)46-20-24-54-44(32-46)36-56(61-54)42-16-14-40-34-48(22-18-38(40)30-42)65-26-28-67-58(63)4-2/h3-24,29-34H,1-2,25-28,35-36H2. The molecule has 0 saturated heterocycles. The first-order valence-corrected chi connectivity index (χ1v) is 22.4. The van der Waals surface area contributed by atoms with Crippen LogP contribution in [0.4, 0.5) is 11.4 Å². The molecule has 326 valence electrons. The average Bonchev–Trinajstić information content (AvgIpc) is 4.09. The zero-order valence-corrected chi connectivity index (χ0v) is 36.7. The van der Waals surface area contributed by atoms with Gasteiger partial charge in [0, 0.05) is 25.0 Å². The molecule has 0 unspecified atom stereocenters. The number of benzene rings is 8. The summed E-state index contributed by atoms with van der Waals surface area (Å²) < 4.78 is 21.8. The van der Waals surface area contributed by atoms with Gasteiger partial charge in [0.15, 0.2) is 0 Å². The van der Waals surface area contributed by atoms with Crippen LogP contribution < -0.4 is 9.47 Å². The number of hydrogen-bond donors (Lipinski definition) is 0. The summed E-state index contributed by atoms with van der Waals surface area (Å²) in [6, 6.07) is 56.3. The molecule has 1 aliphatic carbocycles. The second-order valence-electron chi connectivity index (χ2n) is 16.9. The van der Waals surface area contributed by atoms with Crippen LogP contribution in [0.15, 0.2) is 193 Å². The molecule has 0 fully saturated rings. The van der Waals surface area contributed by atoms with Crippen molar-refractivity contribution in [1.29, 1.82) is 0 Å². The Balaban J connectivity index is 0.877. The van der Waals surface area contributed by atoms with Crippen molar-refractivity contribution in [2.75, 3.05) is 26.4 Å². The fourth-order valence-electron chi connectivity index (χ4n) is 9.93. The maximum atomic E-state index is 11.4. The summed E-state index contributed by atoms with van der Waals surface area (Å²) in [5.41, 5.74) is 15.5. The van der Waals surface area contributed by atoms with Gasteiger partial charge in [0.25, 0.3) is 0 Å². The normalized spacial score (nSPS) is 13.7. The molecule has 0 amide bonds. The average molecular weight is 877 g/mol. The molecule has 8 aromatic carbocycles. The van der Waals surface area contributed by atoms with Crippen LogP contribution in [0, 0.1) is 0 Å². The van der Waals surface area contributed by atoms with E-state index in [1.54, 1.807) is 0 Å². The van der Waals surface area contributed by atoms with Crippen molar-refractivity contribution in [2.24, 2.45) is 9.98 Å². The monoisotopic (exact) mass is 876 g/mol. The molecule has 0 radical (unpaired) electrons. The predicted octanol–water partition coefficient (Wildman–Crippen LogP) is 11.9. The number of esters is 2. The lowest BCUT2D eigenvalue weighted by Crippen LogP contribution is -2.29. The Hall–Kier alpha value is -8.36. The Morgan fingerprint density at radius 1 is 0.493 bits per heavy atom. The lowest BCUT2D eigenvalue weighted by molar-refractivity contribution is -0.139. The highest BCUT2D eigenvalue weighted by molar-refractivity contribution is 6.10. The van der Waals surface area contributed by atoms with E-state index < -0.39 is 17.4 Å². The molecule has 11 rings (SSSR count). The molecule has 0 atom stereocenters. The third-order valence-electron chi connectivity index (χ3n) is 13.0. The third kappa shape index (κ3) is 7.56. The van der Waals surface area contributed by atoms with Gasteiger partial charge in [0.2, 0.25) is 0 Å². The van der Waals surface area contributed by atoms with Crippen LogP contribution in [0.5, 0.6) is 11.5 Å². The van der Waals surface area contributed by atoms with Crippen LogP contribution in [0.3, 0.4) is 0 Å². The van der Waals surface area contributed by atoms with E-state index in [0.29, 0.717) is 24.3 Å². The SMILES string of the molecule is C=CC(=O)OCCOc1ccc2cc(C3=Nc4ccc(C5(c6ccc7c(c6)CC(c6ccc8cc(OCCOC(=O)C=C)ccc8c6)=N7)c6ccccc6-c6ccccc65)cc4C3)ccc2c1. The van der Waals surface area contributed by atoms with Crippen molar-refractivity contribution in [1.82, 2.24) is 0 Å². The molecule has 2 heterocycles. The summed E-state index contributed by atoms with van der Waals surface area (Å²) in [7, 11) is 0. The maximum Gasteiger partial charge on any atom is 0.330 e. The van der Waals surface area contributed by atoms with Crippen molar-refractivity contribution in [3.63, 3.8) is 0 Å². The zero-order chi connectivity index (χ0) is 45.5. The number of nitrogens with zero attached hydrogens (tertiary/aromatic N) is 2. The summed E-state index contributed by atoms with van der Waals surface area (Å²) in [6.45, 7) is 7.68. The molecule has 67 heavy (non-hydrogen) atoms. The molecular formula is C59H44N2O6. The van der Waals surface area contributed by atoms with Crippen molar-refractivity contribution in [3.8, 4) is 22.6 Å². The summed E-state index contributed by atoms with van der Waals surface area (Å²) in [6.07, 6.45) is 3.72. The molecular weight excluding hydrogens is 833 g/mol. The molecule has 2 aliphatic heterocycles. The highest BCUT2D eigenvalue weighted by atomic mass is 16.6. The molecule has 8 heteroatoms. The van der Waals surface area contributed by atoms with Gasteiger partial charge in [-0.1, -0.05) is 122 Å². The minimum absolute atomic E-state index is 0.155. The van der Waals surface area contributed by atoms with Gasteiger partial charge in [-0.3, -0.25) is 9.98 Å². The number of hydrogen-bond acceptors (Lipinski definition) is 8. The lowest BCUT2D eigenvalue weighted by Gasteiger charge is -2.34. The first-order valence-electron chi connectivity index (χ1n) is 22.4. The summed E-state index contributed by atoms with van der Waals surface area (Å²) in [4.78, 5) is 33.2. The Bertz CT molecular complexity index is 3190. The topological polar surface area (TPSA) is 95.8 Å². The van der Waals surface area contributed by atoms with Crippen LogP contribution in [0.25, 0.3) is 32.7 Å². The van der Waals surface area contributed by atoms with Gasteiger partial charge in [-0.25, -0.2) is 9.59 Å². The first kappa shape index (κ1) is 41.4. The number of fused-ring (bicyclic) bond motifs is 7. The van der Waals surface area contributed by atoms with E-state index in [-0.39, 0.29) is 26.4 Å². The molecule has 0 aromatic heterocycles. The Kier molecular flexibility index (Phi) is 10.6. The van der Waals surface area contributed by atoms with Crippen LogP contribution in [0.1, 0.15) is 44.5 Å². The molecule has 8 nitrogen and oxygen atoms in total. The van der Waals surface area contributed by atoms with Crippen LogP contribution in [-0.4, -0.2) is 49.8 Å². The van der Waals surface area contributed by atoms with Crippen molar-refractivity contribution in [2.45, 2.75) is 18.3 Å². The van der Waals surface area contributed by atoms with E-state index in [9.17, 15) is 9.59 Å². The number of aliphatic imine (C=N–C) groups is 2. The second kappa shape index (κ2) is 17.2. The predicted molar refractivity (Wildman–Crippen MR) is 265 cm³/mol. The van der Waals surface area contributed by atoms with Crippen LogP contribution >= 0.6 is 0 Å². The summed E-state index contributed by atoms with van der Waals surface area (Å²) in [5, 5.41) is 4.28. The minimum Gasteiger partial charge on any atom is -0.490 e. The zero-order valence-electron chi connectivity index (χ0n) is 36.7. The fourth-order valence-corrected chi connectivity index (χ4v) is 9.93. The smallest absolute Gasteiger partial charge is 0.330 e. The quantitative estimate of drug-likeness (QED) is 0.0613. The van der Waals surface area contributed by atoms with Gasteiger partial charge in [0.1, 0.15) is 37.9 Å². The largest absolute Gasteiger partial charge is 0.490 e. The van der Waals surface area contributed by atoms with E-state index >= 15 is 0 Å². The van der Waals surface area contributed by atoms with E-state index in [1.165, 1.54) is 44.5 Å². The Labute approximate surface area is 388 Å². The number of ether oxygens (including phenoxy) is 4. The third-order valence-corrected chi connectivity index (χ3v) is 13.0. The highest BCUT2D eigenvalue weighted by Crippen LogP contribution is 2.57. The van der Waals surface area contributed by atoms with Gasteiger partial charge < -0.3 is 18.9 Å². The van der Waals surface area contributed by atoms with Gasteiger partial charge in [-0.2, -0.15) is 0 Å². The molecule has 0 spiro atoms. The molecule has 8 aromatic rings. The van der Waals surface area contributed by atoms with Crippen molar-refractivity contribution < 1.29 is 28.5 Å². The lowest BCUT2D eigenvalue weighted by atomic mass is 9.67.